The van der Waals surface area contributed by atoms with Gasteiger partial charge >= 0.3 is 0 Å². The molecule has 0 saturated carbocycles. The quantitative estimate of drug-likeness (QED) is 0.636. The molecule has 0 amide bonds. The first-order chi connectivity index (χ1) is 9.86. The third kappa shape index (κ3) is 2.73. The van der Waals surface area contributed by atoms with E-state index in [0.717, 1.165) is 17.3 Å². The van der Waals surface area contributed by atoms with Crippen LogP contribution in [0.25, 0.3) is 0 Å². The van der Waals surface area contributed by atoms with E-state index in [1.54, 1.807) is 0 Å². The summed E-state index contributed by atoms with van der Waals surface area (Å²) in [5.74, 6) is 0.489. The zero-order valence-corrected chi connectivity index (χ0v) is 15.9. The Balaban J connectivity index is 1.71. The molecule has 3 rings (SSSR count). The normalized spacial score (nSPS) is 38.4. The minimum atomic E-state index is -0.162. The summed E-state index contributed by atoms with van der Waals surface area (Å²) in [6.45, 7) is 7.33. The zero-order chi connectivity index (χ0) is 15.3. The predicted octanol–water partition coefficient (Wildman–Crippen LogP) is 5.08. The average molecular weight is 418 g/mol. The average Bonchev–Trinajstić information content (AvgIpc) is 2.84. The van der Waals surface area contributed by atoms with E-state index >= 15 is 0 Å². The molecule has 1 aromatic rings. The smallest absolute Gasteiger partial charge is 0.0936 e. The second-order valence-corrected chi connectivity index (χ2v) is 8.85. The highest BCUT2D eigenvalue weighted by molar-refractivity contribution is 9.10. The van der Waals surface area contributed by atoms with E-state index in [4.69, 9.17) is 9.47 Å². The summed E-state index contributed by atoms with van der Waals surface area (Å²) in [4.78, 5) is 0.431. The van der Waals surface area contributed by atoms with Gasteiger partial charge in [0, 0.05) is 15.7 Å². The van der Waals surface area contributed by atoms with Gasteiger partial charge in [0.05, 0.1) is 23.9 Å². The summed E-state index contributed by atoms with van der Waals surface area (Å²) < 4.78 is 13.8. The van der Waals surface area contributed by atoms with Crippen LogP contribution in [0.1, 0.15) is 39.2 Å². The molecule has 0 aliphatic carbocycles. The molecule has 0 aromatic heterocycles. The lowest BCUT2D eigenvalue weighted by Crippen LogP contribution is -2.44. The molecule has 4 heteroatoms. The maximum Gasteiger partial charge on any atom is 0.0936 e. The van der Waals surface area contributed by atoms with Crippen molar-refractivity contribution in [2.45, 2.75) is 62.4 Å². The van der Waals surface area contributed by atoms with Crippen molar-refractivity contribution in [3.8, 4) is 0 Å². The van der Waals surface area contributed by atoms with Crippen LogP contribution in [-0.4, -0.2) is 22.1 Å². The van der Waals surface area contributed by atoms with Crippen molar-refractivity contribution < 1.29 is 9.47 Å². The fourth-order valence-electron chi connectivity index (χ4n) is 3.71. The predicted molar refractivity (Wildman–Crippen MR) is 91.7 cm³/mol. The van der Waals surface area contributed by atoms with Crippen molar-refractivity contribution in [2.75, 3.05) is 0 Å². The Morgan fingerprint density at radius 1 is 1.38 bits per heavy atom. The Hall–Kier alpha value is 0.1000. The minimum Gasteiger partial charge on any atom is -0.370 e. The van der Waals surface area contributed by atoms with E-state index in [2.05, 4.69) is 64.8 Å². The van der Waals surface area contributed by atoms with E-state index < -0.39 is 0 Å². The second-order valence-electron chi connectivity index (χ2n) is 6.83. The topological polar surface area (TPSA) is 18.5 Å². The SMILES string of the molecule is CC(C)[C@]12C[C@@H](OCc3cccc(Br)c3)[C@](C)(C[C@@H]1Br)O2. The summed E-state index contributed by atoms with van der Waals surface area (Å²) in [7, 11) is 0. The first kappa shape index (κ1) is 16.0. The molecule has 2 saturated heterocycles. The maximum atomic E-state index is 6.46. The summed E-state index contributed by atoms with van der Waals surface area (Å²) in [5.41, 5.74) is 0.964. The van der Waals surface area contributed by atoms with Gasteiger partial charge in [-0.1, -0.05) is 57.8 Å². The number of hydrogen-bond acceptors (Lipinski definition) is 2. The van der Waals surface area contributed by atoms with E-state index in [0.29, 0.717) is 17.4 Å². The molecule has 0 unspecified atom stereocenters. The lowest BCUT2D eigenvalue weighted by atomic mass is 9.75. The molecule has 2 aliphatic heterocycles. The lowest BCUT2D eigenvalue weighted by molar-refractivity contribution is -0.0955. The summed E-state index contributed by atoms with van der Waals surface area (Å²) >= 11 is 7.34. The third-order valence-electron chi connectivity index (χ3n) is 5.04. The van der Waals surface area contributed by atoms with Gasteiger partial charge in [0.1, 0.15) is 0 Å². The zero-order valence-electron chi connectivity index (χ0n) is 12.7. The Bertz CT molecular complexity index is 533. The van der Waals surface area contributed by atoms with Crippen molar-refractivity contribution in [1.29, 1.82) is 0 Å². The first-order valence-corrected chi connectivity index (χ1v) is 9.27. The Morgan fingerprint density at radius 2 is 2.14 bits per heavy atom. The van der Waals surface area contributed by atoms with Crippen LogP contribution in [0.3, 0.4) is 0 Å². The molecule has 0 radical (unpaired) electrons. The first-order valence-electron chi connectivity index (χ1n) is 7.56. The third-order valence-corrected chi connectivity index (χ3v) is 6.63. The Morgan fingerprint density at radius 3 is 2.76 bits per heavy atom. The van der Waals surface area contributed by atoms with Gasteiger partial charge in [-0.3, -0.25) is 0 Å². The van der Waals surface area contributed by atoms with Crippen LogP contribution in [0.2, 0.25) is 0 Å². The Kier molecular flexibility index (Phi) is 4.28. The molecule has 0 N–H and O–H groups in total. The van der Waals surface area contributed by atoms with Crippen molar-refractivity contribution in [1.82, 2.24) is 0 Å². The molecule has 2 fully saturated rings. The minimum absolute atomic E-state index is 0.0727. The highest BCUT2D eigenvalue weighted by Gasteiger charge is 2.65. The van der Waals surface area contributed by atoms with Crippen LogP contribution in [0.5, 0.6) is 0 Å². The standard InChI is InChI=1S/C17H22Br2O2/c1-11(2)17-9-15(16(3,21-17)8-14(17)19)20-10-12-5-4-6-13(18)7-12/h4-7,11,14-15H,8-10H2,1-3H3/t14-,15+,16-,17+/m0/s1. The fourth-order valence-corrected chi connectivity index (χ4v) is 5.61. The largest absolute Gasteiger partial charge is 0.370 e. The highest BCUT2D eigenvalue weighted by Crippen LogP contribution is 2.57. The number of benzene rings is 1. The van der Waals surface area contributed by atoms with Gasteiger partial charge in [-0.2, -0.15) is 0 Å². The molecule has 2 heterocycles. The van der Waals surface area contributed by atoms with Gasteiger partial charge in [0.2, 0.25) is 0 Å². The summed E-state index contributed by atoms with van der Waals surface area (Å²) in [6, 6.07) is 8.30. The van der Waals surface area contributed by atoms with Gasteiger partial charge in [0.15, 0.2) is 0 Å². The molecule has 2 nitrogen and oxygen atoms in total. The van der Waals surface area contributed by atoms with Gasteiger partial charge < -0.3 is 9.47 Å². The monoisotopic (exact) mass is 416 g/mol. The van der Waals surface area contributed by atoms with E-state index in [1.807, 2.05) is 12.1 Å². The highest BCUT2D eigenvalue weighted by atomic mass is 79.9. The van der Waals surface area contributed by atoms with Crippen molar-refractivity contribution in [2.24, 2.45) is 5.92 Å². The van der Waals surface area contributed by atoms with Crippen molar-refractivity contribution >= 4 is 31.9 Å². The molecule has 2 bridgehead atoms. The van der Waals surface area contributed by atoms with Gasteiger partial charge in [0.25, 0.3) is 0 Å². The summed E-state index contributed by atoms with van der Waals surface area (Å²) in [5, 5.41) is 0. The van der Waals surface area contributed by atoms with Crippen molar-refractivity contribution in [3.63, 3.8) is 0 Å². The van der Waals surface area contributed by atoms with Crippen LogP contribution in [0.15, 0.2) is 28.7 Å². The molecular formula is C17H22Br2O2. The van der Waals surface area contributed by atoms with Crippen LogP contribution >= 0.6 is 31.9 Å². The maximum absolute atomic E-state index is 6.46. The fraction of sp³-hybridized carbons (Fsp3) is 0.647. The van der Waals surface area contributed by atoms with Gasteiger partial charge in [-0.25, -0.2) is 0 Å². The Labute approximate surface area is 143 Å². The number of halogens is 2. The van der Waals surface area contributed by atoms with Crippen LogP contribution in [0.4, 0.5) is 0 Å². The summed E-state index contributed by atoms with van der Waals surface area (Å²) in [6.07, 6.45) is 2.17. The number of hydrogen-bond donors (Lipinski definition) is 0. The van der Waals surface area contributed by atoms with Gasteiger partial charge in [-0.15, -0.1) is 0 Å². The number of ether oxygens (including phenoxy) is 2. The molecule has 4 atom stereocenters. The lowest BCUT2D eigenvalue weighted by Gasteiger charge is -2.35. The number of alkyl halides is 1. The molecular weight excluding hydrogens is 396 g/mol. The molecule has 1 aromatic carbocycles. The van der Waals surface area contributed by atoms with Crippen LogP contribution in [-0.2, 0) is 16.1 Å². The molecule has 116 valence electrons. The van der Waals surface area contributed by atoms with E-state index in [-0.39, 0.29) is 17.3 Å². The molecule has 21 heavy (non-hydrogen) atoms. The van der Waals surface area contributed by atoms with Gasteiger partial charge in [-0.05, 0) is 37.0 Å². The van der Waals surface area contributed by atoms with Crippen molar-refractivity contribution in [3.05, 3.63) is 34.3 Å². The van der Waals surface area contributed by atoms with E-state index in [9.17, 15) is 0 Å². The second kappa shape index (κ2) is 5.63. The number of fused-ring (bicyclic) bond motifs is 2. The molecule has 2 aliphatic rings. The van der Waals surface area contributed by atoms with Crippen LogP contribution in [0, 0.1) is 5.92 Å². The van der Waals surface area contributed by atoms with Crippen LogP contribution < -0.4 is 0 Å². The van der Waals surface area contributed by atoms with E-state index in [1.165, 1.54) is 5.56 Å². The molecule has 0 spiro atoms. The number of rotatable bonds is 4.